The van der Waals surface area contributed by atoms with E-state index in [4.69, 9.17) is 5.11 Å². The first-order valence-electron chi connectivity index (χ1n) is 8.45. The van der Waals surface area contributed by atoms with Gasteiger partial charge in [-0.2, -0.15) is 0 Å². The average molecular weight is 334 g/mol. The van der Waals surface area contributed by atoms with Crippen LogP contribution in [-0.2, 0) is 4.79 Å². The molecule has 0 aromatic heterocycles. The highest BCUT2D eigenvalue weighted by molar-refractivity contribution is 5.66. The maximum atomic E-state index is 10.3. The minimum absolute atomic E-state index is 0.0741. The number of hydrogen-bond acceptors (Lipinski definition) is 3. The molecule has 0 aliphatic heterocycles. The summed E-state index contributed by atoms with van der Waals surface area (Å²) in [6, 6.07) is 0. The maximum Gasteiger partial charge on any atom is 0.303 e. The van der Waals surface area contributed by atoms with Crippen LogP contribution in [0.3, 0.4) is 0 Å². The van der Waals surface area contributed by atoms with E-state index in [0.29, 0.717) is 19.3 Å². The summed E-state index contributed by atoms with van der Waals surface area (Å²) in [5.74, 6) is -0.845. The van der Waals surface area contributed by atoms with E-state index in [1.165, 1.54) is 0 Å². The van der Waals surface area contributed by atoms with Crippen molar-refractivity contribution in [3.05, 3.63) is 60.8 Å². The van der Waals surface area contributed by atoms with Crippen molar-refractivity contribution in [1.29, 1.82) is 0 Å². The fourth-order valence-corrected chi connectivity index (χ4v) is 1.82. The van der Waals surface area contributed by atoms with Crippen molar-refractivity contribution in [2.24, 2.45) is 0 Å². The molecule has 0 unspecified atom stereocenters. The van der Waals surface area contributed by atoms with Crippen LogP contribution in [0.5, 0.6) is 0 Å². The molecule has 0 saturated carbocycles. The molecule has 0 saturated heterocycles. The number of allylic oxidation sites excluding steroid dienone is 7. The molecule has 4 nitrogen and oxygen atoms in total. The molecule has 0 aliphatic carbocycles. The molecule has 0 amide bonds. The Morgan fingerprint density at radius 1 is 0.917 bits per heavy atom. The number of aliphatic hydroxyl groups excluding tert-OH is 2. The van der Waals surface area contributed by atoms with Crippen LogP contribution >= 0.6 is 0 Å². The normalized spacial score (nSPS) is 15.5. The molecule has 4 heteroatoms. The van der Waals surface area contributed by atoms with Crippen LogP contribution in [0, 0.1) is 0 Å². The number of carbonyl (C=O) groups is 1. The summed E-state index contributed by atoms with van der Waals surface area (Å²) in [5.41, 5.74) is 0. The van der Waals surface area contributed by atoms with E-state index in [2.05, 4.69) is 19.1 Å². The molecular formula is C20H30O4. The molecule has 134 valence electrons. The fourth-order valence-electron chi connectivity index (χ4n) is 1.82. The summed E-state index contributed by atoms with van der Waals surface area (Å²) in [5, 5.41) is 27.8. The van der Waals surface area contributed by atoms with Crippen LogP contribution in [0.4, 0.5) is 0 Å². The predicted octanol–water partition coefficient (Wildman–Crippen LogP) is 3.93. The summed E-state index contributed by atoms with van der Waals surface area (Å²) < 4.78 is 0. The number of carboxylic acid groups (broad SMARTS) is 1. The standard InChI is InChI=1S/C20H30O4/c1-2-3-4-5-6-9-13-18(21)14-10-7-8-11-15-19(22)16-12-17-20(23)24/h3-4,6-11,14-15,18-19,21-22H,2,5,12-13,16-17H2,1H3,(H,23,24)/b4-3+,8-7+,9-6-,14-10+,15-11+/t18-,19-/m1/s1. The van der Waals surface area contributed by atoms with Gasteiger partial charge in [0.2, 0.25) is 0 Å². The van der Waals surface area contributed by atoms with E-state index in [0.717, 1.165) is 12.8 Å². The Bertz CT molecular complexity index is 458. The van der Waals surface area contributed by atoms with Crippen molar-refractivity contribution < 1.29 is 20.1 Å². The number of aliphatic hydroxyl groups is 2. The first-order valence-corrected chi connectivity index (χ1v) is 8.45. The van der Waals surface area contributed by atoms with Gasteiger partial charge < -0.3 is 15.3 Å². The third kappa shape index (κ3) is 16.5. The Hall–Kier alpha value is -1.91. The van der Waals surface area contributed by atoms with Crippen molar-refractivity contribution in [3.63, 3.8) is 0 Å². The maximum absolute atomic E-state index is 10.3. The average Bonchev–Trinajstić information content (AvgIpc) is 2.53. The summed E-state index contributed by atoms with van der Waals surface area (Å²) in [4.78, 5) is 10.3. The van der Waals surface area contributed by atoms with Gasteiger partial charge >= 0.3 is 5.97 Å². The second kappa shape index (κ2) is 16.0. The summed E-state index contributed by atoms with van der Waals surface area (Å²) in [6.07, 6.45) is 20.9. The lowest BCUT2D eigenvalue weighted by Crippen LogP contribution is -2.03. The first-order chi connectivity index (χ1) is 11.6. The van der Waals surface area contributed by atoms with Crippen LogP contribution < -0.4 is 0 Å². The Labute approximate surface area is 145 Å². The Morgan fingerprint density at radius 3 is 2.17 bits per heavy atom. The van der Waals surface area contributed by atoms with E-state index in [-0.39, 0.29) is 6.42 Å². The quantitative estimate of drug-likeness (QED) is 0.352. The molecule has 0 heterocycles. The number of hydrogen-bond donors (Lipinski definition) is 3. The van der Waals surface area contributed by atoms with E-state index in [1.54, 1.807) is 36.5 Å². The van der Waals surface area contributed by atoms with Gasteiger partial charge in [0.25, 0.3) is 0 Å². The summed E-state index contributed by atoms with van der Waals surface area (Å²) >= 11 is 0. The lowest BCUT2D eigenvalue weighted by molar-refractivity contribution is -0.137. The lowest BCUT2D eigenvalue weighted by atomic mass is 10.1. The van der Waals surface area contributed by atoms with Gasteiger partial charge in [-0.1, -0.05) is 67.7 Å². The van der Waals surface area contributed by atoms with E-state index < -0.39 is 18.2 Å². The smallest absolute Gasteiger partial charge is 0.303 e. The highest BCUT2D eigenvalue weighted by Crippen LogP contribution is 2.02. The molecule has 3 N–H and O–H groups in total. The van der Waals surface area contributed by atoms with Crippen molar-refractivity contribution in [3.8, 4) is 0 Å². The lowest BCUT2D eigenvalue weighted by Gasteiger charge is -2.02. The fraction of sp³-hybridized carbons (Fsp3) is 0.450. The van der Waals surface area contributed by atoms with E-state index in [1.807, 2.05) is 12.2 Å². The second-order valence-electron chi connectivity index (χ2n) is 5.40. The largest absolute Gasteiger partial charge is 0.481 e. The van der Waals surface area contributed by atoms with Gasteiger partial charge in [0.1, 0.15) is 0 Å². The molecule has 24 heavy (non-hydrogen) atoms. The SMILES string of the molecule is CC/C=C/C/C=C\C[C@@H](O)/C=C/C=C/C=C/[C@@H](O)CCCC(=O)O. The van der Waals surface area contributed by atoms with Crippen LogP contribution in [0.1, 0.15) is 45.4 Å². The van der Waals surface area contributed by atoms with Crippen LogP contribution in [0.2, 0.25) is 0 Å². The van der Waals surface area contributed by atoms with Crippen LogP contribution in [0.15, 0.2) is 60.8 Å². The summed E-state index contributed by atoms with van der Waals surface area (Å²) in [6.45, 7) is 2.09. The molecule has 0 bridgehead atoms. The zero-order valence-corrected chi connectivity index (χ0v) is 14.4. The molecular weight excluding hydrogens is 304 g/mol. The van der Waals surface area contributed by atoms with Crippen molar-refractivity contribution in [2.45, 2.75) is 57.7 Å². The van der Waals surface area contributed by atoms with Gasteiger partial charge in [0, 0.05) is 6.42 Å². The third-order valence-corrected chi connectivity index (χ3v) is 3.11. The minimum atomic E-state index is -0.845. The third-order valence-electron chi connectivity index (χ3n) is 3.11. The first kappa shape index (κ1) is 22.1. The van der Waals surface area contributed by atoms with Crippen molar-refractivity contribution in [2.75, 3.05) is 0 Å². The van der Waals surface area contributed by atoms with E-state index in [9.17, 15) is 15.0 Å². The molecule has 0 rings (SSSR count). The van der Waals surface area contributed by atoms with Gasteiger partial charge in [-0.15, -0.1) is 0 Å². The number of rotatable bonds is 13. The molecule has 0 fully saturated rings. The molecule has 0 aromatic carbocycles. The second-order valence-corrected chi connectivity index (χ2v) is 5.40. The zero-order chi connectivity index (χ0) is 18.0. The van der Waals surface area contributed by atoms with Gasteiger partial charge in [-0.25, -0.2) is 0 Å². The van der Waals surface area contributed by atoms with Gasteiger partial charge in [-0.3, -0.25) is 4.79 Å². The van der Waals surface area contributed by atoms with Crippen molar-refractivity contribution in [1.82, 2.24) is 0 Å². The van der Waals surface area contributed by atoms with Crippen molar-refractivity contribution >= 4 is 5.97 Å². The highest BCUT2D eigenvalue weighted by Gasteiger charge is 2.01. The predicted molar refractivity (Wildman–Crippen MR) is 98.7 cm³/mol. The summed E-state index contributed by atoms with van der Waals surface area (Å²) in [7, 11) is 0. The number of aliphatic carboxylic acids is 1. The molecule has 2 atom stereocenters. The van der Waals surface area contributed by atoms with Gasteiger partial charge in [0.05, 0.1) is 12.2 Å². The molecule has 0 aliphatic rings. The Balaban J connectivity index is 3.87. The van der Waals surface area contributed by atoms with Gasteiger partial charge in [-0.05, 0) is 32.1 Å². The monoisotopic (exact) mass is 334 g/mol. The Morgan fingerprint density at radius 2 is 1.54 bits per heavy atom. The zero-order valence-electron chi connectivity index (χ0n) is 14.4. The van der Waals surface area contributed by atoms with Gasteiger partial charge in [0.15, 0.2) is 0 Å². The van der Waals surface area contributed by atoms with Crippen LogP contribution in [-0.4, -0.2) is 33.5 Å². The number of carboxylic acids is 1. The topological polar surface area (TPSA) is 77.8 Å². The molecule has 0 spiro atoms. The molecule has 0 radical (unpaired) electrons. The van der Waals surface area contributed by atoms with E-state index >= 15 is 0 Å². The highest BCUT2D eigenvalue weighted by atomic mass is 16.4. The minimum Gasteiger partial charge on any atom is -0.481 e. The molecule has 0 aromatic rings. The van der Waals surface area contributed by atoms with Crippen LogP contribution in [0.25, 0.3) is 0 Å². The Kier molecular flexibility index (Phi) is 14.7.